The third-order valence-electron chi connectivity index (χ3n) is 3.70. The molecular weight excluding hydrogens is 404 g/mol. The van der Waals surface area contributed by atoms with Crippen LogP contribution in [0.2, 0.25) is 0 Å². The summed E-state index contributed by atoms with van der Waals surface area (Å²) < 4.78 is 10.6. The van der Waals surface area contributed by atoms with Gasteiger partial charge in [-0.25, -0.2) is 14.6 Å². The summed E-state index contributed by atoms with van der Waals surface area (Å²) >= 11 is 1.28. The van der Waals surface area contributed by atoms with Crippen LogP contribution in [0.5, 0.6) is 0 Å². The average molecular weight is 435 g/mol. The van der Waals surface area contributed by atoms with Gasteiger partial charge in [0.05, 0.1) is 5.69 Å². The fraction of sp³-hybridized carbons (Fsp3) is 0.524. The van der Waals surface area contributed by atoms with Crippen LogP contribution < -0.4 is 10.6 Å². The Morgan fingerprint density at radius 1 is 1.10 bits per heavy atom. The number of alkyl carbamates (subject to hydrolysis) is 1. The van der Waals surface area contributed by atoms with E-state index >= 15 is 0 Å². The third-order valence-corrected chi connectivity index (χ3v) is 4.52. The second-order valence-electron chi connectivity index (χ2n) is 9.19. The van der Waals surface area contributed by atoms with Crippen LogP contribution in [0.3, 0.4) is 0 Å². The van der Waals surface area contributed by atoms with Gasteiger partial charge in [-0.3, -0.25) is 15.6 Å². The van der Waals surface area contributed by atoms with Gasteiger partial charge >= 0.3 is 12.2 Å². The lowest BCUT2D eigenvalue weighted by molar-refractivity contribution is 0.0562. The van der Waals surface area contributed by atoms with Crippen molar-refractivity contribution in [3.05, 3.63) is 35.5 Å². The molecule has 1 aromatic rings. The fourth-order valence-electron chi connectivity index (χ4n) is 2.66. The number of hydrogen-bond acceptors (Lipinski definition) is 7. The first-order valence-electron chi connectivity index (χ1n) is 9.57. The molecule has 1 atom stereocenters. The molecule has 9 heteroatoms. The number of thioether (sulfide) groups is 1. The Morgan fingerprint density at radius 3 is 2.23 bits per heavy atom. The molecule has 1 aliphatic rings. The van der Waals surface area contributed by atoms with Crippen molar-refractivity contribution in [1.29, 1.82) is 0 Å². The van der Waals surface area contributed by atoms with Gasteiger partial charge in [0, 0.05) is 18.3 Å². The number of aromatic nitrogens is 1. The monoisotopic (exact) mass is 434 g/mol. The van der Waals surface area contributed by atoms with Gasteiger partial charge in [-0.15, -0.1) is 0 Å². The van der Waals surface area contributed by atoms with Gasteiger partial charge in [0.25, 0.3) is 0 Å². The summed E-state index contributed by atoms with van der Waals surface area (Å²) in [6, 6.07) is 3.41. The normalized spacial score (nSPS) is 19.6. The number of ether oxygens (including phenoxy) is 2. The van der Waals surface area contributed by atoms with E-state index in [1.807, 2.05) is 6.92 Å². The Labute approximate surface area is 181 Å². The molecule has 1 aromatic heterocycles. The molecule has 0 saturated heterocycles. The van der Waals surface area contributed by atoms with Crippen molar-refractivity contribution in [2.24, 2.45) is 4.99 Å². The number of anilines is 1. The van der Waals surface area contributed by atoms with Crippen LogP contribution in [0.15, 0.2) is 34.8 Å². The molecule has 0 spiro atoms. The van der Waals surface area contributed by atoms with E-state index in [-0.39, 0.29) is 0 Å². The zero-order valence-corrected chi connectivity index (χ0v) is 19.4. The molecular formula is C21H30N4O4S. The summed E-state index contributed by atoms with van der Waals surface area (Å²) in [6.45, 7) is 16.7. The van der Waals surface area contributed by atoms with Gasteiger partial charge in [-0.05, 0) is 65.5 Å². The molecule has 2 heterocycles. The lowest BCUT2D eigenvalue weighted by Crippen LogP contribution is -2.38. The number of hydrogen-bond donors (Lipinski definition) is 2. The van der Waals surface area contributed by atoms with E-state index in [1.165, 1.54) is 11.8 Å². The van der Waals surface area contributed by atoms with Crippen molar-refractivity contribution in [1.82, 2.24) is 10.3 Å². The van der Waals surface area contributed by atoms with Crippen LogP contribution in [0.25, 0.3) is 0 Å². The summed E-state index contributed by atoms with van der Waals surface area (Å²) in [4.78, 5) is 34.2. The van der Waals surface area contributed by atoms with Crippen molar-refractivity contribution >= 4 is 34.8 Å². The molecule has 2 N–H and O–H groups in total. The Hall–Kier alpha value is -2.55. The molecule has 8 nitrogen and oxygen atoms in total. The predicted octanol–water partition coefficient (Wildman–Crippen LogP) is 5.18. The number of carbonyl (C=O) groups excluding carboxylic acids is 2. The highest BCUT2D eigenvalue weighted by molar-refractivity contribution is 8.17. The molecule has 0 fully saturated rings. The summed E-state index contributed by atoms with van der Waals surface area (Å²) in [5, 5.41) is 5.77. The molecule has 164 valence electrons. The molecule has 2 amide bonds. The van der Waals surface area contributed by atoms with Crippen LogP contribution >= 0.6 is 11.8 Å². The minimum Gasteiger partial charge on any atom is -0.444 e. The summed E-state index contributed by atoms with van der Waals surface area (Å²) in [6.07, 6.45) is 0.984. The second kappa shape index (κ2) is 8.67. The maximum absolute atomic E-state index is 12.1. The smallest absolute Gasteiger partial charge is 0.413 e. The van der Waals surface area contributed by atoms with Crippen LogP contribution in [0.4, 0.5) is 15.3 Å². The number of aliphatic imine (C=N–C) groups is 1. The Balaban J connectivity index is 2.23. The standard InChI is InChI=1S/C21H30N4O4S/c1-13-12-21(8,25-16(30-13)24-18(27)29-20(5,6)7)15-11-14(9-10-22-15)23-17(26)28-19(2,3)4/h9-11H,1,12H2,2-8H3,(H,22,23,26)(H,24,25,27)/t21-/m0/s1. The number of nitrogens with one attached hydrogen (secondary N) is 2. The lowest BCUT2D eigenvalue weighted by Gasteiger charge is -2.31. The SMILES string of the molecule is C=C1C[C@@](C)(c2cc(NC(=O)OC(C)(C)C)ccn2)N=C(NC(=O)OC(C)(C)C)S1. The van der Waals surface area contributed by atoms with E-state index in [2.05, 4.69) is 27.2 Å². The third kappa shape index (κ3) is 7.37. The van der Waals surface area contributed by atoms with E-state index in [1.54, 1.807) is 59.9 Å². The van der Waals surface area contributed by atoms with E-state index in [4.69, 9.17) is 9.47 Å². The molecule has 0 bridgehead atoms. The van der Waals surface area contributed by atoms with Gasteiger partial charge in [0.15, 0.2) is 5.17 Å². The summed E-state index contributed by atoms with van der Waals surface area (Å²) in [7, 11) is 0. The predicted molar refractivity (Wildman–Crippen MR) is 120 cm³/mol. The van der Waals surface area contributed by atoms with Crippen molar-refractivity contribution in [3.63, 3.8) is 0 Å². The minimum absolute atomic E-state index is 0.385. The zero-order chi connectivity index (χ0) is 22.7. The molecule has 0 saturated carbocycles. The molecule has 0 unspecified atom stereocenters. The quantitative estimate of drug-likeness (QED) is 0.665. The van der Waals surface area contributed by atoms with Gasteiger partial charge in [-0.1, -0.05) is 18.3 Å². The van der Waals surface area contributed by atoms with Crippen LogP contribution in [-0.4, -0.2) is 33.5 Å². The molecule has 2 rings (SSSR count). The molecule has 0 aliphatic carbocycles. The Kier molecular flexibility index (Phi) is 6.86. The van der Waals surface area contributed by atoms with E-state index < -0.39 is 28.9 Å². The van der Waals surface area contributed by atoms with E-state index in [9.17, 15) is 9.59 Å². The van der Waals surface area contributed by atoms with E-state index in [0.717, 1.165) is 4.91 Å². The summed E-state index contributed by atoms with van der Waals surface area (Å²) in [5.41, 5.74) is -0.819. The summed E-state index contributed by atoms with van der Waals surface area (Å²) in [5.74, 6) is 0. The van der Waals surface area contributed by atoms with Gasteiger partial charge in [-0.2, -0.15) is 0 Å². The Bertz CT molecular complexity index is 870. The maximum atomic E-state index is 12.1. The highest BCUT2D eigenvalue weighted by Crippen LogP contribution is 2.40. The topological polar surface area (TPSA) is 102 Å². The van der Waals surface area contributed by atoms with Gasteiger partial charge < -0.3 is 9.47 Å². The van der Waals surface area contributed by atoms with Crippen molar-refractivity contribution in [3.8, 4) is 0 Å². The van der Waals surface area contributed by atoms with Crippen LogP contribution in [0.1, 0.15) is 60.6 Å². The number of amidine groups is 1. The van der Waals surface area contributed by atoms with Crippen LogP contribution in [0, 0.1) is 0 Å². The van der Waals surface area contributed by atoms with Gasteiger partial charge in [0.1, 0.15) is 16.7 Å². The first kappa shape index (κ1) is 23.7. The first-order valence-corrected chi connectivity index (χ1v) is 10.4. The molecule has 0 radical (unpaired) electrons. The van der Waals surface area contributed by atoms with E-state index in [0.29, 0.717) is 23.0 Å². The maximum Gasteiger partial charge on any atom is 0.413 e. The molecule has 1 aliphatic heterocycles. The lowest BCUT2D eigenvalue weighted by atomic mass is 9.93. The van der Waals surface area contributed by atoms with Crippen molar-refractivity contribution in [2.75, 3.05) is 5.32 Å². The first-order chi connectivity index (χ1) is 13.7. The zero-order valence-electron chi connectivity index (χ0n) is 18.6. The highest BCUT2D eigenvalue weighted by Gasteiger charge is 2.34. The van der Waals surface area contributed by atoms with Crippen LogP contribution in [-0.2, 0) is 15.0 Å². The second-order valence-corrected chi connectivity index (χ2v) is 10.4. The van der Waals surface area contributed by atoms with Crippen molar-refractivity contribution < 1.29 is 19.1 Å². The van der Waals surface area contributed by atoms with Crippen molar-refractivity contribution in [2.45, 2.75) is 71.6 Å². The van der Waals surface area contributed by atoms with Gasteiger partial charge in [0.2, 0.25) is 0 Å². The number of rotatable bonds is 2. The minimum atomic E-state index is -0.766. The average Bonchev–Trinajstić information content (AvgIpc) is 2.50. The molecule has 30 heavy (non-hydrogen) atoms. The Morgan fingerprint density at radius 2 is 1.67 bits per heavy atom. The number of amides is 2. The number of carbonyl (C=O) groups is 2. The number of pyridine rings is 1. The fourth-order valence-corrected chi connectivity index (χ4v) is 3.67. The number of nitrogens with zero attached hydrogens (tertiary/aromatic N) is 2. The largest absolute Gasteiger partial charge is 0.444 e. The molecule has 0 aromatic carbocycles. The highest BCUT2D eigenvalue weighted by atomic mass is 32.2.